The van der Waals surface area contributed by atoms with Crippen LogP contribution in [0.4, 0.5) is 13.2 Å². The van der Waals surface area contributed by atoms with Crippen molar-refractivity contribution in [2.24, 2.45) is 0 Å². The van der Waals surface area contributed by atoms with Crippen LogP contribution in [0.5, 0.6) is 0 Å². The lowest BCUT2D eigenvalue weighted by molar-refractivity contribution is -0.188. The van der Waals surface area contributed by atoms with Gasteiger partial charge >= 0.3 is 6.18 Å². The Bertz CT molecular complexity index is 347. The molecule has 1 N–H and O–H groups in total. The minimum atomic E-state index is -4.26. The van der Waals surface area contributed by atoms with Gasteiger partial charge in [0.2, 0.25) is 0 Å². The lowest BCUT2D eigenvalue weighted by Gasteiger charge is -2.35. The molecule has 6 heteroatoms. The number of aromatic nitrogens is 1. The second-order valence-electron chi connectivity index (χ2n) is 4.02. The van der Waals surface area contributed by atoms with Crippen molar-refractivity contribution in [3.63, 3.8) is 0 Å². The highest BCUT2D eigenvalue weighted by Crippen LogP contribution is 2.37. The van der Waals surface area contributed by atoms with Gasteiger partial charge in [0.25, 0.3) is 0 Å². The van der Waals surface area contributed by atoms with E-state index in [0.717, 1.165) is 0 Å². The average Bonchev–Trinajstić information content (AvgIpc) is 2.30. The van der Waals surface area contributed by atoms with Gasteiger partial charge in [0.1, 0.15) is 6.04 Å². The molecule has 0 amide bonds. The molecule has 94 valence electrons. The summed E-state index contributed by atoms with van der Waals surface area (Å²) < 4.78 is 39.3. The Morgan fingerprint density at radius 3 is 2.53 bits per heavy atom. The molecular weight excluding hydrogens is 231 g/mol. The lowest BCUT2D eigenvalue weighted by atomic mass is 10.1. The molecule has 1 aliphatic heterocycles. The van der Waals surface area contributed by atoms with Crippen LogP contribution in [0.25, 0.3) is 0 Å². The molecule has 1 aromatic heterocycles. The van der Waals surface area contributed by atoms with Gasteiger partial charge in [-0.25, -0.2) is 0 Å². The van der Waals surface area contributed by atoms with Gasteiger partial charge in [-0.3, -0.25) is 9.88 Å². The van der Waals surface area contributed by atoms with Crippen molar-refractivity contribution in [1.29, 1.82) is 0 Å². The summed E-state index contributed by atoms with van der Waals surface area (Å²) in [6.07, 6.45) is -1.49. The van der Waals surface area contributed by atoms with Gasteiger partial charge in [0.15, 0.2) is 0 Å². The van der Waals surface area contributed by atoms with Crippen LogP contribution in [0.1, 0.15) is 11.6 Å². The first-order valence-electron chi connectivity index (χ1n) is 5.50. The lowest BCUT2D eigenvalue weighted by Crippen LogP contribution is -2.49. The van der Waals surface area contributed by atoms with Crippen molar-refractivity contribution in [2.45, 2.75) is 12.2 Å². The number of rotatable bonds is 2. The highest BCUT2D eigenvalue weighted by molar-refractivity contribution is 5.16. The van der Waals surface area contributed by atoms with Gasteiger partial charge in [0, 0.05) is 38.6 Å². The van der Waals surface area contributed by atoms with Crippen LogP contribution in [0.15, 0.2) is 24.5 Å². The van der Waals surface area contributed by atoms with E-state index in [4.69, 9.17) is 0 Å². The predicted molar refractivity (Wildman–Crippen MR) is 57.5 cm³/mol. The largest absolute Gasteiger partial charge is 0.408 e. The molecule has 0 saturated carbocycles. The standard InChI is InChI=1S/C11H14F3N3/c12-11(13,14)10(9-2-1-3-16-8-9)17-6-4-15-5-7-17/h1-3,8,10,15H,4-7H2/t10-/m1/s1. The average molecular weight is 245 g/mol. The van der Waals surface area contributed by atoms with E-state index in [9.17, 15) is 13.2 Å². The van der Waals surface area contributed by atoms with Gasteiger partial charge < -0.3 is 5.32 Å². The van der Waals surface area contributed by atoms with Crippen molar-refractivity contribution in [3.05, 3.63) is 30.1 Å². The van der Waals surface area contributed by atoms with Gasteiger partial charge in [-0.1, -0.05) is 6.07 Å². The Balaban J connectivity index is 2.25. The first-order valence-corrected chi connectivity index (χ1v) is 5.50. The molecule has 2 heterocycles. The molecule has 2 rings (SSSR count). The molecular formula is C11H14F3N3. The molecule has 1 fully saturated rings. The maximum Gasteiger partial charge on any atom is 0.408 e. The second-order valence-corrected chi connectivity index (χ2v) is 4.02. The monoisotopic (exact) mass is 245 g/mol. The van der Waals surface area contributed by atoms with Crippen LogP contribution in [0.2, 0.25) is 0 Å². The zero-order valence-electron chi connectivity index (χ0n) is 9.24. The molecule has 0 aliphatic carbocycles. The second kappa shape index (κ2) is 5.01. The first kappa shape index (κ1) is 12.3. The molecule has 0 bridgehead atoms. The van der Waals surface area contributed by atoms with Crippen LogP contribution in [-0.4, -0.2) is 42.2 Å². The highest BCUT2D eigenvalue weighted by Gasteiger charge is 2.44. The third kappa shape index (κ3) is 2.95. The number of nitrogens with one attached hydrogen (secondary N) is 1. The normalized spacial score (nSPS) is 20.2. The van der Waals surface area contributed by atoms with E-state index >= 15 is 0 Å². The molecule has 3 nitrogen and oxygen atoms in total. The number of piperazine rings is 1. The fraction of sp³-hybridized carbons (Fsp3) is 0.545. The number of hydrogen-bond donors (Lipinski definition) is 1. The van der Waals surface area contributed by atoms with Gasteiger partial charge in [-0.2, -0.15) is 13.2 Å². The van der Waals surface area contributed by atoms with Gasteiger partial charge in [0.05, 0.1) is 0 Å². The number of pyridine rings is 1. The Morgan fingerprint density at radius 2 is 2.00 bits per heavy atom. The molecule has 17 heavy (non-hydrogen) atoms. The van der Waals surface area contributed by atoms with Crippen LogP contribution in [0, 0.1) is 0 Å². The molecule has 0 radical (unpaired) electrons. The third-order valence-corrected chi connectivity index (χ3v) is 2.83. The number of alkyl halides is 3. The van der Waals surface area contributed by atoms with Crippen molar-refractivity contribution >= 4 is 0 Å². The smallest absolute Gasteiger partial charge is 0.314 e. The topological polar surface area (TPSA) is 28.2 Å². The summed E-state index contributed by atoms with van der Waals surface area (Å²) in [5.41, 5.74) is 0.210. The van der Waals surface area contributed by atoms with Crippen molar-refractivity contribution < 1.29 is 13.2 Å². The molecule has 1 aromatic rings. The Hall–Kier alpha value is -1.14. The zero-order valence-corrected chi connectivity index (χ0v) is 9.24. The molecule has 1 saturated heterocycles. The third-order valence-electron chi connectivity index (χ3n) is 2.83. The van der Waals surface area contributed by atoms with E-state index in [1.807, 2.05) is 0 Å². The maximum absolute atomic E-state index is 13.1. The van der Waals surface area contributed by atoms with E-state index in [1.165, 1.54) is 29.4 Å². The van der Waals surface area contributed by atoms with Crippen LogP contribution in [0.3, 0.4) is 0 Å². The number of nitrogens with zero attached hydrogens (tertiary/aromatic N) is 2. The van der Waals surface area contributed by atoms with Crippen molar-refractivity contribution in [2.75, 3.05) is 26.2 Å². The highest BCUT2D eigenvalue weighted by atomic mass is 19.4. The summed E-state index contributed by atoms with van der Waals surface area (Å²) in [5, 5.41) is 3.05. The van der Waals surface area contributed by atoms with Gasteiger partial charge in [-0.15, -0.1) is 0 Å². The van der Waals surface area contributed by atoms with Crippen molar-refractivity contribution in [1.82, 2.24) is 15.2 Å². The van der Waals surface area contributed by atoms with E-state index in [2.05, 4.69) is 10.3 Å². The van der Waals surface area contributed by atoms with Crippen molar-refractivity contribution in [3.8, 4) is 0 Å². The van der Waals surface area contributed by atoms with E-state index in [1.54, 1.807) is 0 Å². The summed E-state index contributed by atoms with van der Waals surface area (Å²) in [6, 6.07) is 1.47. The molecule has 1 atom stereocenters. The summed E-state index contributed by atoms with van der Waals surface area (Å²) in [7, 11) is 0. The molecule has 0 unspecified atom stereocenters. The SMILES string of the molecule is FC(F)(F)[C@@H](c1cccnc1)N1CCNCC1. The molecule has 0 aromatic carbocycles. The Labute approximate surface area is 97.6 Å². The van der Waals surface area contributed by atoms with Crippen LogP contribution < -0.4 is 5.32 Å². The molecule has 0 spiro atoms. The predicted octanol–water partition coefficient (Wildman–Crippen LogP) is 1.59. The fourth-order valence-corrected chi connectivity index (χ4v) is 2.08. The van der Waals surface area contributed by atoms with Crippen LogP contribution >= 0.6 is 0 Å². The van der Waals surface area contributed by atoms with E-state index < -0.39 is 12.2 Å². The minimum absolute atomic E-state index is 0.210. The molecule has 1 aliphatic rings. The van der Waals surface area contributed by atoms with Gasteiger partial charge in [-0.05, 0) is 11.6 Å². The zero-order chi connectivity index (χ0) is 12.3. The fourth-order valence-electron chi connectivity index (χ4n) is 2.08. The summed E-state index contributed by atoms with van der Waals surface area (Å²) in [6.45, 7) is 1.98. The number of halogens is 3. The maximum atomic E-state index is 13.1. The summed E-state index contributed by atoms with van der Waals surface area (Å²) in [4.78, 5) is 5.22. The Kier molecular flexibility index (Phi) is 3.63. The van der Waals surface area contributed by atoms with Crippen LogP contribution in [-0.2, 0) is 0 Å². The number of hydrogen-bond acceptors (Lipinski definition) is 3. The first-order chi connectivity index (χ1) is 8.09. The van der Waals surface area contributed by atoms with E-state index in [0.29, 0.717) is 26.2 Å². The quantitative estimate of drug-likeness (QED) is 0.857. The minimum Gasteiger partial charge on any atom is -0.314 e. The van der Waals surface area contributed by atoms with E-state index in [-0.39, 0.29) is 5.56 Å². The summed E-state index contributed by atoms with van der Waals surface area (Å²) >= 11 is 0. The summed E-state index contributed by atoms with van der Waals surface area (Å²) in [5.74, 6) is 0. The Morgan fingerprint density at radius 1 is 1.29 bits per heavy atom.